The van der Waals surface area contributed by atoms with E-state index in [4.69, 9.17) is 9.47 Å². The second kappa shape index (κ2) is 4.49. The molecule has 1 fully saturated rings. The van der Waals surface area contributed by atoms with Crippen molar-refractivity contribution in [1.29, 1.82) is 0 Å². The smallest absolute Gasteiger partial charge is 0.198 e. The molecule has 2 rings (SSSR count). The van der Waals surface area contributed by atoms with Crippen LogP contribution < -0.4 is 4.74 Å². The minimum absolute atomic E-state index is 0.0480. The molecule has 17 heavy (non-hydrogen) atoms. The van der Waals surface area contributed by atoms with Crippen molar-refractivity contribution in [2.75, 3.05) is 14.2 Å². The number of hydrogen-bond acceptors (Lipinski definition) is 3. The fourth-order valence-electron chi connectivity index (χ4n) is 2.27. The molecular formula is C14H18O3. The van der Waals surface area contributed by atoms with E-state index in [1.165, 1.54) is 0 Å². The summed E-state index contributed by atoms with van der Waals surface area (Å²) in [6.45, 7) is 1.97. The molecule has 0 bridgehead atoms. The van der Waals surface area contributed by atoms with E-state index in [0.717, 1.165) is 24.8 Å². The minimum atomic E-state index is -0.610. The van der Waals surface area contributed by atoms with Crippen LogP contribution in [-0.2, 0) is 4.74 Å². The Morgan fingerprint density at radius 3 is 2.47 bits per heavy atom. The fourth-order valence-corrected chi connectivity index (χ4v) is 2.27. The molecule has 1 aromatic rings. The zero-order valence-corrected chi connectivity index (χ0v) is 10.6. The molecule has 0 saturated heterocycles. The number of rotatable bonds is 4. The molecular weight excluding hydrogens is 216 g/mol. The van der Waals surface area contributed by atoms with Crippen LogP contribution >= 0.6 is 0 Å². The van der Waals surface area contributed by atoms with E-state index in [1.807, 2.05) is 25.1 Å². The van der Waals surface area contributed by atoms with Gasteiger partial charge in [-0.15, -0.1) is 0 Å². The lowest BCUT2D eigenvalue weighted by atomic mass is 9.74. The number of Topliss-reactive ketones (excluding diaryl/α,β-unsaturated/α-hetero) is 1. The van der Waals surface area contributed by atoms with Gasteiger partial charge in [-0.05, 0) is 38.3 Å². The molecule has 0 spiro atoms. The molecule has 3 nitrogen and oxygen atoms in total. The summed E-state index contributed by atoms with van der Waals surface area (Å²) in [5.41, 5.74) is 1.08. The van der Waals surface area contributed by atoms with Gasteiger partial charge in [0.05, 0.1) is 12.7 Å². The number of ketones is 1. The summed E-state index contributed by atoms with van der Waals surface area (Å²) in [4.78, 5) is 12.5. The summed E-state index contributed by atoms with van der Waals surface area (Å²) in [6.07, 6.45) is 2.66. The van der Waals surface area contributed by atoms with Gasteiger partial charge in [0.2, 0.25) is 0 Å². The molecule has 0 radical (unpaired) electrons. The highest BCUT2D eigenvalue weighted by Gasteiger charge is 2.45. The molecule has 0 unspecified atom stereocenters. The van der Waals surface area contributed by atoms with Crippen LogP contribution in [0.25, 0.3) is 0 Å². The van der Waals surface area contributed by atoms with E-state index in [9.17, 15) is 4.79 Å². The van der Waals surface area contributed by atoms with Gasteiger partial charge in [-0.3, -0.25) is 4.79 Å². The van der Waals surface area contributed by atoms with Gasteiger partial charge < -0.3 is 9.47 Å². The molecule has 1 saturated carbocycles. The van der Waals surface area contributed by atoms with Crippen LogP contribution in [0.5, 0.6) is 5.75 Å². The maximum atomic E-state index is 12.5. The van der Waals surface area contributed by atoms with E-state index in [2.05, 4.69) is 0 Å². The topological polar surface area (TPSA) is 35.5 Å². The van der Waals surface area contributed by atoms with Crippen molar-refractivity contribution in [1.82, 2.24) is 0 Å². The molecule has 0 aliphatic heterocycles. The largest absolute Gasteiger partial charge is 0.496 e. The van der Waals surface area contributed by atoms with Gasteiger partial charge in [-0.25, -0.2) is 0 Å². The van der Waals surface area contributed by atoms with Gasteiger partial charge in [0.15, 0.2) is 5.78 Å². The molecule has 0 amide bonds. The number of ether oxygens (including phenoxy) is 2. The van der Waals surface area contributed by atoms with E-state index < -0.39 is 5.60 Å². The Morgan fingerprint density at radius 2 is 2.00 bits per heavy atom. The van der Waals surface area contributed by atoms with Crippen LogP contribution in [0.1, 0.15) is 35.2 Å². The van der Waals surface area contributed by atoms with Crippen LogP contribution in [-0.4, -0.2) is 25.6 Å². The van der Waals surface area contributed by atoms with E-state index in [1.54, 1.807) is 14.2 Å². The van der Waals surface area contributed by atoms with Gasteiger partial charge in [-0.1, -0.05) is 11.6 Å². The fraction of sp³-hybridized carbons (Fsp3) is 0.500. The molecule has 0 aromatic heterocycles. The van der Waals surface area contributed by atoms with Gasteiger partial charge in [0.1, 0.15) is 11.4 Å². The average Bonchev–Trinajstić information content (AvgIpc) is 2.28. The molecule has 92 valence electrons. The predicted octanol–water partition coefficient (Wildman–Crippen LogP) is 2.76. The van der Waals surface area contributed by atoms with Crippen molar-refractivity contribution >= 4 is 5.78 Å². The summed E-state index contributed by atoms with van der Waals surface area (Å²) in [5, 5.41) is 0. The summed E-state index contributed by atoms with van der Waals surface area (Å²) in [6, 6.07) is 5.65. The lowest BCUT2D eigenvalue weighted by Crippen LogP contribution is -2.47. The number of benzene rings is 1. The Hall–Kier alpha value is -1.35. The second-order valence-electron chi connectivity index (χ2n) is 4.58. The van der Waals surface area contributed by atoms with Crippen molar-refractivity contribution in [3.05, 3.63) is 29.3 Å². The Morgan fingerprint density at radius 1 is 1.29 bits per heavy atom. The van der Waals surface area contributed by atoms with E-state index >= 15 is 0 Å². The maximum Gasteiger partial charge on any atom is 0.198 e. The van der Waals surface area contributed by atoms with Crippen molar-refractivity contribution in [3.63, 3.8) is 0 Å². The van der Waals surface area contributed by atoms with Crippen LogP contribution in [0.15, 0.2) is 18.2 Å². The SMILES string of the molecule is COc1ccc(C)cc1C(=O)C1(OC)CCC1. The minimum Gasteiger partial charge on any atom is -0.496 e. The van der Waals surface area contributed by atoms with Gasteiger partial charge >= 0.3 is 0 Å². The van der Waals surface area contributed by atoms with Crippen molar-refractivity contribution in [3.8, 4) is 5.75 Å². The molecule has 1 aliphatic carbocycles. The van der Waals surface area contributed by atoms with E-state index in [-0.39, 0.29) is 5.78 Å². The number of hydrogen-bond donors (Lipinski definition) is 0. The first-order chi connectivity index (χ1) is 8.13. The summed E-state index contributed by atoms with van der Waals surface area (Å²) in [7, 11) is 3.20. The third kappa shape index (κ3) is 1.95. The van der Waals surface area contributed by atoms with Crippen LogP contribution in [0.3, 0.4) is 0 Å². The van der Waals surface area contributed by atoms with Crippen LogP contribution in [0.4, 0.5) is 0 Å². The van der Waals surface area contributed by atoms with Crippen molar-refractivity contribution in [2.45, 2.75) is 31.8 Å². The molecule has 1 aliphatic rings. The predicted molar refractivity (Wildman–Crippen MR) is 65.7 cm³/mol. The highest BCUT2D eigenvalue weighted by molar-refractivity contribution is 6.05. The van der Waals surface area contributed by atoms with Crippen LogP contribution in [0, 0.1) is 6.92 Å². The van der Waals surface area contributed by atoms with Crippen LogP contribution in [0.2, 0.25) is 0 Å². The third-order valence-corrected chi connectivity index (χ3v) is 3.57. The number of carbonyl (C=O) groups excluding carboxylic acids is 1. The summed E-state index contributed by atoms with van der Waals surface area (Å²) < 4.78 is 10.7. The first-order valence-electron chi connectivity index (χ1n) is 5.87. The number of carbonyl (C=O) groups is 1. The first-order valence-corrected chi connectivity index (χ1v) is 5.87. The molecule has 0 atom stereocenters. The normalized spacial score (nSPS) is 17.4. The second-order valence-corrected chi connectivity index (χ2v) is 4.58. The zero-order valence-electron chi connectivity index (χ0n) is 10.6. The molecule has 0 N–H and O–H groups in total. The Bertz CT molecular complexity index is 428. The summed E-state index contributed by atoms with van der Waals surface area (Å²) in [5.74, 6) is 0.677. The highest BCUT2D eigenvalue weighted by atomic mass is 16.5. The monoisotopic (exact) mass is 234 g/mol. The number of methoxy groups -OCH3 is 2. The quantitative estimate of drug-likeness (QED) is 0.751. The Balaban J connectivity index is 2.39. The first kappa shape index (κ1) is 12.1. The van der Waals surface area contributed by atoms with Crippen molar-refractivity contribution < 1.29 is 14.3 Å². The zero-order chi connectivity index (χ0) is 12.5. The van der Waals surface area contributed by atoms with Gasteiger partial charge in [0.25, 0.3) is 0 Å². The van der Waals surface area contributed by atoms with Crippen molar-refractivity contribution in [2.24, 2.45) is 0 Å². The maximum absolute atomic E-state index is 12.5. The Kier molecular flexibility index (Phi) is 3.20. The van der Waals surface area contributed by atoms with Gasteiger partial charge in [0, 0.05) is 7.11 Å². The molecule has 1 aromatic carbocycles. The molecule has 0 heterocycles. The third-order valence-electron chi connectivity index (χ3n) is 3.57. The Labute approximate surface area is 102 Å². The lowest BCUT2D eigenvalue weighted by molar-refractivity contribution is -0.0449. The summed E-state index contributed by atoms with van der Waals surface area (Å²) >= 11 is 0. The standard InChI is InChI=1S/C14H18O3/c1-10-5-6-12(16-2)11(9-10)13(15)14(17-3)7-4-8-14/h5-6,9H,4,7-8H2,1-3H3. The van der Waals surface area contributed by atoms with E-state index in [0.29, 0.717) is 11.3 Å². The molecule has 3 heteroatoms. The van der Waals surface area contributed by atoms with Gasteiger partial charge in [-0.2, -0.15) is 0 Å². The number of aryl methyl sites for hydroxylation is 1. The average molecular weight is 234 g/mol. The highest BCUT2D eigenvalue weighted by Crippen LogP contribution is 2.39. The lowest BCUT2D eigenvalue weighted by Gasteiger charge is -2.39.